The molecule has 1 fully saturated rings. The molecule has 0 bridgehead atoms. The van der Waals surface area contributed by atoms with Crippen LogP contribution < -0.4 is 5.32 Å². The summed E-state index contributed by atoms with van der Waals surface area (Å²) in [4.78, 5) is 27.4. The Bertz CT molecular complexity index is 369. The van der Waals surface area contributed by atoms with E-state index < -0.39 is 12.0 Å². The minimum atomic E-state index is -0.967. The molecule has 0 unspecified atom stereocenters. The highest BCUT2D eigenvalue weighted by atomic mass is 16.4. The van der Waals surface area contributed by atoms with E-state index in [2.05, 4.69) is 31.0 Å². The number of carbonyl (C=O) groups excluding carboxylic acids is 1. The van der Waals surface area contributed by atoms with Crippen LogP contribution in [0.3, 0.4) is 0 Å². The van der Waals surface area contributed by atoms with Gasteiger partial charge in [-0.25, -0.2) is 9.59 Å². The van der Waals surface area contributed by atoms with Gasteiger partial charge in [-0.15, -0.1) is 0 Å². The molecule has 0 aliphatic carbocycles. The number of carboxylic acids is 1. The predicted octanol–water partition coefficient (Wildman–Crippen LogP) is 1.61. The van der Waals surface area contributed by atoms with E-state index in [9.17, 15) is 14.7 Å². The van der Waals surface area contributed by atoms with E-state index in [1.54, 1.807) is 4.90 Å². The van der Waals surface area contributed by atoms with Gasteiger partial charge in [-0.1, -0.05) is 13.8 Å². The smallest absolute Gasteiger partial charge is 0.326 e. The SMILES string of the molecule is CC(C)C[C@H](NC(=O)N1CCN(C(C)(C)C)CC1)C(=O)O. The van der Waals surface area contributed by atoms with Crippen molar-refractivity contribution >= 4 is 12.0 Å². The summed E-state index contributed by atoms with van der Waals surface area (Å²) in [5.74, 6) is -0.741. The Morgan fingerprint density at radius 3 is 2.05 bits per heavy atom. The molecule has 1 rings (SSSR count). The zero-order chi connectivity index (χ0) is 16.2. The maximum atomic E-state index is 12.2. The maximum Gasteiger partial charge on any atom is 0.326 e. The molecule has 122 valence electrons. The number of urea groups is 1. The molecule has 21 heavy (non-hydrogen) atoms. The Labute approximate surface area is 127 Å². The number of rotatable bonds is 4. The summed E-state index contributed by atoms with van der Waals surface area (Å²) in [6.07, 6.45) is 0.447. The van der Waals surface area contributed by atoms with Gasteiger partial charge in [-0.05, 0) is 33.1 Å². The van der Waals surface area contributed by atoms with Gasteiger partial charge in [0.15, 0.2) is 0 Å². The van der Waals surface area contributed by atoms with E-state index in [-0.39, 0.29) is 17.5 Å². The van der Waals surface area contributed by atoms with Crippen molar-refractivity contribution in [2.45, 2.75) is 52.6 Å². The standard InChI is InChI=1S/C15H29N3O3/c1-11(2)10-12(13(19)20)16-14(21)17-6-8-18(9-7-17)15(3,4)5/h11-12H,6-10H2,1-5H3,(H,16,21)(H,19,20)/t12-/m0/s1. The highest BCUT2D eigenvalue weighted by molar-refractivity contribution is 5.82. The molecule has 0 saturated carbocycles. The monoisotopic (exact) mass is 299 g/mol. The molecule has 0 aromatic rings. The first-order valence-corrected chi connectivity index (χ1v) is 7.64. The van der Waals surface area contributed by atoms with Crippen molar-refractivity contribution in [3.63, 3.8) is 0 Å². The number of piperazine rings is 1. The first kappa shape index (κ1) is 17.8. The zero-order valence-electron chi connectivity index (χ0n) is 13.8. The van der Waals surface area contributed by atoms with Crippen LogP contribution in [0.25, 0.3) is 0 Å². The quantitative estimate of drug-likeness (QED) is 0.827. The highest BCUT2D eigenvalue weighted by Crippen LogP contribution is 2.16. The summed E-state index contributed by atoms with van der Waals surface area (Å²) >= 11 is 0. The van der Waals surface area contributed by atoms with Crippen LogP contribution in [0.2, 0.25) is 0 Å². The second-order valence-corrected chi connectivity index (χ2v) is 7.11. The minimum Gasteiger partial charge on any atom is -0.480 e. The van der Waals surface area contributed by atoms with E-state index in [4.69, 9.17) is 0 Å². The molecule has 1 aliphatic heterocycles. The van der Waals surface area contributed by atoms with Crippen LogP contribution in [0.15, 0.2) is 0 Å². The number of hydrogen-bond donors (Lipinski definition) is 2. The second kappa shape index (κ2) is 7.11. The topological polar surface area (TPSA) is 72.9 Å². The van der Waals surface area contributed by atoms with Crippen LogP contribution in [0.4, 0.5) is 4.79 Å². The Hall–Kier alpha value is -1.30. The third-order valence-corrected chi connectivity index (χ3v) is 3.82. The Morgan fingerprint density at radius 1 is 1.14 bits per heavy atom. The fourth-order valence-electron chi connectivity index (χ4n) is 2.51. The summed E-state index contributed by atoms with van der Waals surface area (Å²) < 4.78 is 0. The van der Waals surface area contributed by atoms with Crippen molar-refractivity contribution in [3.8, 4) is 0 Å². The fraction of sp³-hybridized carbons (Fsp3) is 0.867. The Kier molecular flexibility index (Phi) is 6.01. The lowest BCUT2D eigenvalue weighted by Crippen LogP contribution is -2.58. The molecule has 0 aromatic heterocycles. The third kappa shape index (κ3) is 5.53. The van der Waals surface area contributed by atoms with Crippen LogP contribution in [-0.2, 0) is 4.79 Å². The Balaban J connectivity index is 2.51. The van der Waals surface area contributed by atoms with Gasteiger partial charge in [-0.3, -0.25) is 4.90 Å². The van der Waals surface area contributed by atoms with Gasteiger partial charge in [0.05, 0.1) is 0 Å². The molecule has 0 radical (unpaired) electrons. The number of hydrogen-bond acceptors (Lipinski definition) is 3. The van der Waals surface area contributed by atoms with Gasteiger partial charge in [0.1, 0.15) is 6.04 Å². The molecule has 2 amide bonds. The minimum absolute atomic E-state index is 0.101. The summed E-state index contributed by atoms with van der Waals surface area (Å²) in [6, 6.07) is -1.07. The Morgan fingerprint density at radius 2 is 1.67 bits per heavy atom. The molecule has 1 saturated heterocycles. The normalized spacial score (nSPS) is 18.7. The van der Waals surface area contributed by atoms with Crippen molar-refractivity contribution in [1.29, 1.82) is 0 Å². The fourth-order valence-corrected chi connectivity index (χ4v) is 2.51. The second-order valence-electron chi connectivity index (χ2n) is 7.11. The van der Waals surface area contributed by atoms with Gasteiger partial charge in [0.2, 0.25) is 0 Å². The number of carboxylic acid groups (broad SMARTS) is 1. The molecular formula is C15H29N3O3. The predicted molar refractivity (Wildman–Crippen MR) is 82.3 cm³/mol. The van der Waals surface area contributed by atoms with E-state index in [1.165, 1.54) is 0 Å². The van der Waals surface area contributed by atoms with Crippen molar-refractivity contribution < 1.29 is 14.7 Å². The average molecular weight is 299 g/mol. The van der Waals surface area contributed by atoms with Crippen molar-refractivity contribution in [2.24, 2.45) is 5.92 Å². The molecule has 1 heterocycles. The van der Waals surface area contributed by atoms with Crippen LogP contribution in [0.1, 0.15) is 41.0 Å². The van der Waals surface area contributed by atoms with E-state index in [0.717, 1.165) is 13.1 Å². The van der Waals surface area contributed by atoms with Crippen molar-refractivity contribution in [2.75, 3.05) is 26.2 Å². The zero-order valence-corrected chi connectivity index (χ0v) is 13.8. The molecule has 1 atom stereocenters. The average Bonchev–Trinajstić information content (AvgIpc) is 2.36. The molecule has 6 heteroatoms. The van der Waals surface area contributed by atoms with Crippen molar-refractivity contribution in [1.82, 2.24) is 15.1 Å². The molecule has 0 spiro atoms. The van der Waals surface area contributed by atoms with E-state index in [0.29, 0.717) is 19.5 Å². The maximum absolute atomic E-state index is 12.2. The first-order chi connectivity index (χ1) is 9.61. The number of aliphatic carboxylic acids is 1. The molecule has 0 aromatic carbocycles. The van der Waals surface area contributed by atoms with Gasteiger partial charge in [0, 0.05) is 31.7 Å². The van der Waals surface area contributed by atoms with Gasteiger partial charge < -0.3 is 15.3 Å². The van der Waals surface area contributed by atoms with Crippen molar-refractivity contribution in [3.05, 3.63) is 0 Å². The molecular weight excluding hydrogens is 270 g/mol. The van der Waals surface area contributed by atoms with Crippen LogP contribution in [0.5, 0.6) is 0 Å². The van der Waals surface area contributed by atoms with E-state index in [1.807, 2.05) is 13.8 Å². The van der Waals surface area contributed by atoms with Gasteiger partial charge >= 0.3 is 12.0 Å². The summed E-state index contributed by atoms with van der Waals surface area (Å²) in [6.45, 7) is 13.3. The number of amides is 2. The van der Waals surface area contributed by atoms with Crippen LogP contribution >= 0.6 is 0 Å². The molecule has 2 N–H and O–H groups in total. The number of carbonyl (C=O) groups is 2. The summed E-state index contributed by atoms with van der Waals surface area (Å²) in [5, 5.41) is 11.8. The lowest BCUT2D eigenvalue weighted by molar-refractivity contribution is -0.139. The number of nitrogens with zero attached hydrogens (tertiary/aromatic N) is 2. The number of nitrogens with one attached hydrogen (secondary N) is 1. The van der Waals surface area contributed by atoms with Gasteiger partial charge in [-0.2, -0.15) is 0 Å². The van der Waals surface area contributed by atoms with Crippen LogP contribution in [-0.4, -0.2) is 64.7 Å². The first-order valence-electron chi connectivity index (χ1n) is 7.64. The lowest BCUT2D eigenvalue weighted by Gasteiger charge is -2.42. The summed E-state index contributed by atoms with van der Waals surface area (Å²) in [5.41, 5.74) is 0.101. The summed E-state index contributed by atoms with van der Waals surface area (Å²) in [7, 11) is 0. The van der Waals surface area contributed by atoms with E-state index >= 15 is 0 Å². The van der Waals surface area contributed by atoms with Gasteiger partial charge in [0.25, 0.3) is 0 Å². The van der Waals surface area contributed by atoms with Crippen LogP contribution in [0, 0.1) is 5.92 Å². The largest absolute Gasteiger partial charge is 0.480 e. The third-order valence-electron chi connectivity index (χ3n) is 3.82. The molecule has 6 nitrogen and oxygen atoms in total. The highest BCUT2D eigenvalue weighted by Gasteiger charge is 2.29. The lowest BCUT2D eigenvalue weighted by atomic mass is 10.0. The molecule has 1 aliphatic rings.